The van der Waals surface area contributed by atoms with Crippen LogP contribution in [0.1, 0.15) is 5.69 Å². The Bertz CT molecular complexity index is 781. The van der Waals surface area contributed by atoms with Crippen LogP contribution >= 0.6 is 11.6 Å². The lowest BCUT2D eigenvalue weighted by Gasteiger charge is -2.04. The molecule has 5 nitrogen and oxygen atoms in total. The zero-order chi connectivity index (χ0) is 14.3. The maximum atomic E-state index is 14.2. The van der Waals surface area contributed by atoms with Gasteiger partial charge < -0.3 is 10.3 Å². The molecule has 0 aliphatic heterocycles. The molecule has 0 bridgehead atoms. The van der Waals surface area contributed by atoms with Crippen LogP contribution in [0.4, 0.5) is 10.2 Å². The van der Waals surface area contributed by atoms with Crippen LogP contribution in [0.2, 0.25) is 5.02 Å². The van der Waals surface area contributed by atoms with E-state index >= 15 is 0 Å². The first kappa shape index (κ1) is 12.7. The number of benzene rings is 1. The molecule has 0 saturated heterocycles. The average molecular weight is 293 g/mol. The topological polar surface area (TPSA) is 80.7 Å². The number of nitrogens with zero attached hydrogens (tertiary/aromatic N) is 2. The summed E-state index contributed by atoms with van der Waals surface area (Å²) in [5.41, 5.74) is 7.85. The van der Waals surface area contributed by atoms with Gasteiger partial charge in [0.25, 0.3) is 0 Å². The Balaban J connectivity index is 2.27. The van der Waals surface area contributed by atoms with Crippen LogP contribution in [0.3, 0.4) is 0 Å². The minimum atomic E-state index is -0.563. The molecule has 0 unspecified atom stereocenters. The molecule has 1 aromatic carbocycles. The number of aryl methyl sites for hydroxylation is 1. The molecular weight excluding hydrogens is 283 g/mol. The zero-order valence-corrected chi connectivity index (χ0v) is 11.2. The second-order valence-corrected chi connectivity index (χ2v) is 4.69. The van der Waals surface area contributed by atoms with E-state index in [1.165, 1.54) is 6.07 Å². The Morgan fingerprint density at radius 2 is 2.15 bits per heavy atom. The largest absolute Gasteiger partial charge is 0.380 e. The maximum Gasteiger partial charge on any atom is 0.180 e. The van der Waals surface area contributed by atoms with Crippen LogP contribution in [0.25, 0.3) is 22.5 Å². The Kier molecular flexibility index (Phi) is 2.94. The van der Waals surface area contributed by atoms with Gasteiger partial charge in [-0.2, -0.15) is 5.10 Å². The third-order valence-corrected chi connectivity index (χ3v) is 3.31. The van der Waals surface area contributed by atoms with Crippen molar-refractivity contribution >= 4 is 17.4 Å². The van der Waals surface area contributed by atoms with Gasteiger partial charge in [-0.15, -0.1) is 0 Å². The molecule has 102 valence electrons. The molecule has 0 fully saturated rings. The lowest BCUT2D eigenvalue weighted by atomic mass is 10.0. The molecule has 0 aliphatic carbocycles. The van der Waals surface area contributed by atoms with Crippen LogP contribution in [0.5, 0.6) is 0 Å². The predicted octanol–water partition coefficient (Wildman–Crippen LogP) is 3.41. The number of hydrogen-bond acceptors (Lipinski definition) is 4. The van der Waals surface area contributed by atoms with Gasteiger partial charge in [-0.25, -0.2) is 4.39 Å². The lowest BCUT2D eigenvalue weighted by molar-refractivity contribution is 0.436. The summed E-state index contributed by atoms with van der Waals surface area (Å²) in [7, 11) is 0. The van der Waals surface area contributed by atoms with E-state index in [2.05, 4.69) is 15.4 Å². The van der Waals surface area contributed by atoms with E-state index in [1.54, 1.807) is 18.3 Å². The minimum absolute atomic E-state index is 0.0120. The molecule has 0 amide bonds. The number of hydrogen-bond donors (Lipinski definition) is 2. The van der Waals surface area contributed by atoms with Gasteiger partial charge in [-0.3, -0.25) is 5.10 Å². The third-order valence-electron chi connectivity index (χ3n) is 3.01. The molecule has 0 spiro atoms. The van der Waals surface area contributed by atoms with E-state index < -0.39 is 5.82 Å². The second kappa shape index (κ2) is 4.64. The maximum absolute atomic E-state index is 14.2. The molecule has 2 heterocycles. The van der Waals surface area contributed by atoms with Gasteiger partial charge in [0.05, 0.1) is 22.3 Å². The quantitative estimate of drug-likeness (QED) is 0.758. The van der Waals surface area contributed by atoms with Crippen LogP contribution in [0.15, 0.2) is 28.9 Å². The highest BCUT2D eigenvalue weighted by Crippen LogP contribution is 2.39. The number of nitrogens with one attached hydrogen (secondary N) is 1. The number of aromatic nitrogens is 3. The van der Waals surface area contributed by atoms with Crippen LogP contribution in [-0.2, 0) is 0 Å². The van der Waals surface area contributed by atoms with E-state index in [9.17, 15) is 4.39 Å². The fourth-order valence-electron chi connectivity index (χ4n) is 2.02. The smallest absolute Gasteiger partial charge is 0.180 e. The fraction of sp³-hybridized carbons (Fsp3) is 0.0769. The summed E-state index contributed by atoms with van der Waals surface area (Å²) >= 11 is 5.81. The summed E-state index contributed by atoms with van der Waals surface area (Å²) in [5, 5.41) is 10.4. The monoisotopic (exact) mass is 292 g/mol. The van der Waals surface area contributed by atoms with E-state index in [-0.39, 0.29) is 16.4 Å². The minimum Gasteiger partial charge on any atom is -0.380 e. The van der Waals surface area contributed by atoms with Crippen molar-refractivity contribution in [1.29, 1.82) is 0 Å². The molecule has 20 heavy (non-hydrogen) atoms. The molecule has 3 aromatic rings. The molecule has 3 rings (SSSR count). The number of nitrogens with two attached hydrogens (primary N) is 1. The summed E-state index contributed by atoms with van der Waals surface area (Å²) in [5.74, 6) is -0.108. The molecule has 2 aromatic heterocycles. The highest BCUT2D eigenvalue weighted by atomic mass is 35.5. The summed E-state index contributed by atoms with van der Waals surface area (Å²) in [6.45, 7) is 1.82. The highest BCUT2D eigenvalue weighted by molar-refractivity contribution is 6.31. The Hall–Kier alpha value is -2.34. The number of anilines is 1. The summed E-state index contributed by atoms with van der Waals surface area (Å²) in [6.07, 6.45) is 1.57. The summed E-state index contributed by atoms with van der Waals surface area (Å²) in [6, 6.07) is 4.68. The first-order valence-electron chi connectivity index (χ1n) is 5.79. The number of aromatic amines is 1. The first-order chi connectivity index (χ1) is 9.59. The third kappa shape index (κ3) is 1.85. The van der Waals surface area contributed by atoms with Crippen LogP contribution < -0.4 is 5.73 Å². The lowest BCUT2D eigenvalue weighted by Crippen LogP contribution is -1.92. The SMILES string of the molecule is Cc1[nH]ncc1-c1onc(N)c1-c1cccc(Cl)c1F. The Labute approximate surface area is 118 Å². The molecule has 0 atom stereocenters. The van der Waals surface area contributed by atoms with Gasteiger partial charge >= 0.3 is 0 Å². The second-order valence-electron chi connectivity index (χ2n) is 4.28. The normalized spacial score (nSPS) is 10.9. The van der Waals surface area contributed by atoms with E-state index in [1.807, 2.05) is 6.92 Å². The standard InChI is InChI=1S/C13H10ClFN4O/c1-6-8(5-17-18-6)12-10(13(16)19-20-12)7-3-2-4-9(14)11(7)15/h2-5H,1H3,(H2,16,19)(H,17,18). The van der Waals surface area contributed by atoms with Gasteiger partial charge in [-0.1, -0.05) is 28.9 Å². The number of nitrogen functional groups attached to an aromatic ring is 1. The average Bonchev–Trinajstić information content (AvgIpc) is 2.99. The molecule has 0 radical (unpaired) electrons. The van der Waals surface area contributed by atoms with Crippen molar-refractivity contribution in [3.63, 3.8) is 0 Å². The number of halogens is 2. The van der Waals surface area contributed by atoms with Crippen molar-refractivity contribution < 1.29 is 8.91 Å². The van der Waals surface area contributed by atoms with Crippen molar-refractivity contribution in [3.8, 4) is 22.5 Å². The van der Waals surface area contributed by atoms with Gasteiger partial charge in [0.15, 0.2) is 11.6 Å². The van der Waals surface area contributed by atoms with Crippen molar-refractivity contribution in [2.24, 2.45) is 0 Å². The van der Waals surface area contributed by atoms with Crippen molar-refractivity contribution in [2.75, 3.05) is 5.73 Å². The van der Waals surface area contributed by atoms with Crippen molar-refractivity contribution in [2.45, 2.75) is 6.92 Å². The van der Waals surface area contributed by atoms with Gasteiger partial charge in [0, 0.05) is 11.3 Å². The van der Waals surface area contributed by atoms with Crippen molar-refractivity contribution in [1.82, 2.24) is 15.4 Å². The Morgan fingerprint density at radius 1 is 1.35 bits per heavy atom. The molecule has 0 saturated carbocycles. The van der Waals surface area contributed by atoms with Crippen molar-refractivity contribution in [3.05, 3.63) is 40.9 Å². The zero-order valence-electron chi connectivity index (χ0n) is 10.4. The van der Waals surface area contributed by atoms with Gasteiger partial charge in [0.1, 0.15) is 5.82 Å². The summed E-state index contributed by atoms with van der Waals surface area (Å²) in [4.78, 5) is 0. The van der Waals surface area contributed by atoms with Crippen LogP contribution in [0, 0.1) is 12.7 Å². The van der Waals surface area contributed by atoms with Gasteiger partial charge in [0.2, 0.25) is 0 Å². The van der Waals surface area contributed by atoms with E-state index in [4.69, 9.17) is 21.9 Å². The Morgan fingerprint density at radius 3 is 2.85 bits per heavy atom. The fourth-order valence-corrected chi connectivity index (χ4v) is 2.20. The number of H-pyrrole nitrogens is 1. The van der Waals surface area contributed by atoms with Gasteiger partial charge in [-0.05, 0) is 13.0 Å². The highest BCUT2D eigenvalue weighted by Gasteiger charge is 2.23. The molecular formula is C13H10ClFN4O. The summed E-state index contributed by atoms with van der Waals surface area (Å²) < 4.78 is 19.4. The van der Waals surface area contributed by atoms with E-state index in [0.29, 0.717) is 16.9 Å². The van der Waals surface area contributed by atoms with E-state index in [0.717, 1.165) is 5.69 Å². The molecule has 0 aliphatic rings. The predicted molar refractivity (Wildman–Crippen MR) is 73.6 cm³/mol. The number of rotatable bonds is 2. The molecule has 3 N–H and O–H groups in total. The first-order valence-corrected chi connectivity index (χ1v) is 6.17. The molecule has 7 heteroatoms. The van der Waals surface area contributed by atoms with Crippen LogP contribution in [-0.4, -0.2) is 15.4 Å².